The molecular formula is C17H16N2O2. The van der Waals surface area contributed by atoms with Crippen LogP contribution >= 0.6 is 0 Å². The van der Waals surface area contributed by atoms with Gasteiger partial charge in [-0.3, -0.25) is 4.79 Å². The van der Waals surface area contributed by atoms with Crippen molar-refractivity contribution in [2.45, 2.75) is 18.8 Å². The van der Waals surface area contributed by atoms with Gasteiger partial charge < -0.3 is 10.1 Å². The summed E-state index contributed by atoms with van der Waals surface area (Å²) in [5.74, 6) is -0.167. The number of hydrogen-bond acceptors (Lipinski definition) is 2. The molecule has 0 bridgehead atoms. The van der Waals surface area contributed by atoms with E-state index in [9.17, 15) is 9.90 Å². The molecule has 106 valence electrons. The second-order valence-electron chi connectivity index (χ2n) is 5.38. The van der Waals surface area contributed by atoms with E-state index in [2.05, 4.69) is 9.97 Å². The lowest BCUT2D eigenvalue weighted by Crippen LogP contribution is -2.35. The van der Waals surface area contributed by atoms with Gasteiger partial charge in [0.05, 0.1) is 16.4 Å². The van der Waals surface area contributed by atoms with Crippen molar-refractivity contribution in [1.29, 1.82) is 0 Å². The Labute approximate surface area is 122 Å². The summed E-state index contributed by atoms with van der Waals surface area (Å²) in [5.41, 5.74) is 1.55. The maximum Gasteiger partial charge on any atom is 0.314 e. The van der Waals surface area contributed by atoms with Crippen LogP contribution in [0.25, 0.3) is 11.0 Å². The standard InChI is InChI=1S/C17H16N2O2/c1-17(16(20)21,12-7-3-2-4-8-12)11-15-18-13-9-5-6-10-14(13)19-15/h2-10H,11H2,1H3,(H,18,19)(H,20,21). The third-order valence-corrected chi connectivity index (χ3v) is 3.84. The number of imidazole rings is 1. The molecule has 0 saturated heterocycles. The van der Waals surface area contributed by atoms with Crippen LogP contribution in [0.4, 0.5) is 0 Å². The number of carbonyl (C=O) groups is 1. The molecule has 0 aliphatic carbocycles. The second-order valence-corrected chi connectivity index (χ2v) is 5.38. The van der Waals surface area contributed by atoms with Crippen LogP contribution in [-0.4, -0.2) is 21.0 Å². The van der Waals surface area contributed by atoms with Crippen molar-refractivity contribution in [3.8, 4) is 0 Å². The van der Waals surface area contributed by atoms with Crippen molar-refractivity contribution in [1.82, 2.24) is 9.97 Å². The first kappa shape index (κ1) is 13.4. The fourth-order valence-corrected chi connectivity index (χ4v) is 2.53. The van der Waals surface area contributed by atoms with Crippen LogP contribution in [0.5, 0.6) is 0 Å². The lowest BCUT2D eigenvalue weighted by molar-refractivity contribution is -0.143. The van der Waals surface area contributed by atoms with Crippen molar-refractivity contribution < 1.29 is 9.90 Å². The summed E-state index contributed by atoms with van der Waals surface area (Å²) < 4.78 is 0. The molecule has 0 fully saturated rings. The number of aromatic nitrogens is 2. The highest BCUT2D eigenvalue weighted by Gasteiger charge is 2.36. The Balaban J connectivity index is 2.01. The topological polar surface area (TPSA) is 66.0 Å². The van der Waals surface area contributed by atoms with E-state index in [1.54, 1.807) is 6.92 Å². The van der Waals surface area contributed by atoms with Crippen LogP contribution in [0.3, 0.4) is 0 Å². The summed E-state index contributed by atoms with van der Waals surface area (Å²) in [7, 11) is 0. The fraction of sp³-hybridized carbons (Fsp3) is 0.176. The molecule has 0 spiro atoms. The molecule has 3 rings (SSSR count). The predicted octanol–water partition coefficient (Wildman–Crippen LogP) is 3.15. The second kappa shape index (κ2) is 5.05. The number of benzene rings is 2. The number of rotatable bonds is 4. The average Bonchev–Trinajstić information content (AvgIpc) is 2.89. The minimum atomic E-state index is -1.00. The Bertz CT molecular complexity index is 747. The molecule has 4 nitrogen and oxygen atoms in total. The summed E-state index contributed by atoms with van der Waals surface area (Å²) in [5, 5.41) is 9.68. The number of H-pyrrole nitrogens is 1. The van der Waals surface area contributed by atoms with Crippen LogP contribution in [0, 0.1) is 0 Å². The summed E-state index contributed by atoms with van der Waals surface area (Å²) in [6.45, 7) is 1.73. The third kappa shape index (κ3) is 2.40. The lowest BCUT2D eigenvalue weighted by atomic mass is 9.79. The van der Waals surface area contributed by atoms with E-state index < -0.39 is 11.4 Å². The largest absolute Gasteiger partial charge is 0.481 e. The highest BCUT2D eigenvalue weighted by atomic mass is 16.4. The highest BCUT2D eigenvalue weighted by molar-refractivity contribution is 5.81. The molecule has 3 aromatic rings. The van der Waals surface area contributed by atoms with Crippen molar-refractivity contribution in [2.24, 2.45) is 0 Å². The van der Waals surface area contributed by atoms with Gasteiger partial charge in [0, 0.05) is 6.42 Å². The quantitative estimate of drug-likeness (QED) is 0.771. The molecule has 21 heavy (non-hydrogen) atoms. The number of aliphatic carboxylic acids is 1. The Morgan fingerprint density at radius 3 is 2.48 bits per heavy atom. The molecule has 0 aliphatic heterocycles. The number of para-hydroxylation sites is 2. The zero-order valence-corrected chi connectivity index (χ0v) is 11.7. The number of aromatic amines is 1. The first-order valence-corrected chi connectivity index (χ1v) is 6.82. The Hall–Kier alpha value is -2.62. The summed E-state index contributed by atoms with van der Waals surface area (Å²) in [6.07, 6.45) is 0.320. The molecule has 1 atom stereocenters. The first-order valence-electron chi connectivity index (χ1n) is 6.82. The van der Waals surface area contributed by atoms with Crippen LogP contribution in [0.15, 0.2) is 54.6 Å². The Morgan fingerprint density at radius 1 is 1.14 bits per heavy atom. The summed E-state index contributed by atoms with van der Waals surface area (Å²) in [6, 6.07) is 17.0. The third-order valence-electron chi connectivity index (χ3n) is 3.84. The van der Waals surface area contributed by atoms with E-state index in [0.29, 0.717) is 12.2 Å². The van der Waals surface area contributed by atoms with Gasteiger partial charge >= 0.3 is 5.97 Å². The molecule has 1 unspecified atom stereocenters. The van der Waals surface area contributed by atoms with Gasteiger partial charge in [0.1, 0.15) is 5.82 Å². The summed E-state index contributed by atoms with van der Waals surface area (Å²) in [4.78, 5) is 19.5. The van der Waals surface area contributed by atoms with Crippen LogP contribution < -0.4 is 0 Å². The fourth-order valence-electron chi connectivity index (χ4n) is 2.53. The molecule has 2 N–H and O–H groups in total. The van der Waals surface area contributed by atoms with Crippen molar-refractivity contribution >= 4 is 17.0 Å². The van der Waals surface area contributed by atoms with Gasteiger partial charge in [-0.1, -0.05) is 42.5 Å². The van der Waals surface area contributed by atoms with Crippen molar-refractivity contribution in [2.75, 3.05) is 0 Å². The monoisotopic (exact) mass is 280 g/mol. The van der Waals surface area contributed by atoms with Gasteiger partial charge in [-0.05, 0) is 24.6 Å². The van der Waals surface area contributed by atoms with E-state index in [0.717, 1.165) is 16.6 Å². The molecule has 0 amide bonds. The van der Waals surface area contributed by atoms with Gasteiger partial charge in [0.25, 0.3) is 0 Å². The maximum atomic E-state index is 11.8. The van der Waals surface area contributed by atoms with Crippen LogP contribution in [0.2, 0.25) is 0 Å². The zero-order valence-electron chi connectivity index (χ0n) is 11.7. The van der Waals surface area contributed by atoms with E-state index in [-0.39, 0.29) is 0 Å². The van der Waals surface area contributed by atoms with E-state index in [1.807, 2.05) is 54.6 Å². The highest BCUT2D eigenvalue weighted by Crippen LogP contribution is 2.28. The molecule has 0 aliphatic rings. The van der Waals surface area contributed by atoms with Gasteiger partial charge in [-0.2, -0.15) is 0 Å². The normalized spacial score (nSPS) is 14.0. The van der Waals surface area contributed by atoms with E-state index in [4.69, 9.17) is 0 Å². The van der Waals surface area contributed by atoms with Gasteiger partial charge in [-0.15, -0.1) is 0 Å². The Kier molecular flexibility index (Phi) is 3.22. The minimum absolute atomic E-state index is 0.320. The smallest absolute Gasteiger partial charge is 0.314 e. The molecule has 4 heteroatoms. The summed E-state index contributed by atoms with van der Waals surface area (Å²) >= 11 is 0. The van der Waals surface area contributed by atoms with E-state index >= 15 is 0 Å². The number of hydrogen-bond donors (Lipinski definition) is 2. The average molecular weight is 280 g/mol. The van der Waals surface area contributed by atoms with Crippen LogP contribution in [-0.2, 0) is 16.6 Å². The molecule has 1 aromatic heterocycles. The first-order chi connectivity index (χ1) is 10.1. The lowest BCUT2D eigenvalue weighted by Gasteiger charge is -2.24. The number of carboxylic acid groups (broad SMARTS) is 1. The zero-order chi connectivity index (χ0) is 14.9. The SMILES string of the molecule is CC(Cc1nc2ccccc2[nH]1)(C(=O)O)c1ccccc1. The molecule has 0 radical (unpaired) electrons. The Morgan fingerprint density at radius 2 is 1.81 bits per heavy atom. The van der Waals surface area contributed by atoms with Gasteiger partial charge in [0.2, 0.25) is 0 Å². The van der Waals surface area contributed by atoms with E-state index in [1.165, 1.54) is 0 Å². The number of carboxylic acids is 1. The molecule has 2 aromatic carbocycles. The van der Waals surface area contributed by atoms with Crippen molar-refractivity contribution in [3.05, 3.63) is 66.0 Å². The number of nitrogens with one attached hydrogen (secondary N) is 1. The minimum Gasteiger partial charge on any atom is -0.481 e. The van der Waals surface area contributed by atoms with Gasteiger partial charge in [0.15, 0.2) is 0 Å². The molecule has 1 heterocycles. The number of nitrogens with zero attached hydrogens (tertiary/aromatic N) is 1. The predicted molar refractivity (Wildman–Crippen MR) is 81.2 cm³/mol. The van der Waals surface area contributed by atoms with Crippen molar-refractivity contribution in [3.63, 3.8) is 0 Å². The van der Waals surface area contributed by atoms with Crippen LogP contribution in [0.1, 0.15) is 18.3 Å². The number of fused-ring (bicyclic) bond motifs is 1. The molecular weight excluding hydrogens is 264 g/mol. The maximum absolute atomic E-state index is 11.8. The molecule has 0 saturated carbocycles. The van der Waals surface area contributed by atoms with Gasteiger partial charge in [-0.25, -0.2) is 4.98 Å².